The van der Waals surface area contributed by atoms with Gasteiger partial charge in [0.15, 0.2) is 0 Å². The number of aromatic nitrogens is 1. The summed E-state index contributed by atoms with van der Waals surface area (Å²) in [5.74, 6) is 1.24. The fraction of sp³-hybridized carbons (Fsp3) is 0.115. The molecule has 0 aliphatic carbocycles. The lowest BCUT2D eigenvalue weighted by Gasteiger charge is -2.28. The Labute approximate surface area is 178 Å². The van der Waals surface area contributed by atoms with Gasteiger partial charge in [0.1, 0.15) is 12.2 Å². The summed E-state index contributed by atoms with van der Waals surface area (Å²) < 4.78 is 2.36. The van der Waals surface area contributed by atoms with Crippen LogP contribution in [-0.4, -0.2) is 6.98 Å². The van der Waals surface area contributed by atoms with E-state index in [1.165, 1.54) is 45.0 Å². The van der Waals surface area contributed by atoms with E-state index in [0.29, 0.717) is 0 Å². The van der Waals surface area contributed by atoms with E-state index >= 15 is 0 Å². The molecule has 0 saturated carbocycles. The van der Waals surface area contributed by atoms with E-state index in [-0.39, 0.29) is 6.98 Å². The number of hydrogen-bond donors (Lipinski definition) is 0. The van der Waals surface area contributed by atoms with Crippen molar-refractivity contribution in [3.05, 3.63) is 108 Å². The van der Waals surface area contributed by atoms with Gasteiger partial charge in [-0.2, -0.15) is 0 Å². The number of benzene rings is 3. The van der Waals surface area contributed by atoms with Crippen molar-refractivity contribution in [2.75, 3.05) is 9.62 Å². The molecule has 0 amide bonds. The molecule has 3 aromatic carbocycles. The molecule has 0 atom stereocenters. The van der Waals surface area contributed by atoms with Crippen LogP contribution in [0.1, 0.15) is 16.7 Å². The highest BCUT2D eigenvalue weighted by Crippen LogP contribution is 2.48. The highest BCUT2D eigenvalue weighted by molar-refractivity contribution is 6.85. The van der Waals surface area contributed by atoms with Crippen molar-refractivity contribution >= 4 is 35.3 Å². The molecule has 1 aromatic heterocycles. The van der Waals surface area contributed by atoms with E-state index in [1.807, 2.05) is 0 Å². The second kappa shape index (κ2) is 6.49. The number of rotatable bonds is 2. The van der Waals surface area contributed by atoms with Crippen molar-refractivity contribution in [3.8, 4) is 0 Å². The second-order valence-corrected chi connectivity index (χ2v) is 8.23. The molecule has 0 bridgehead atoms. The molecule has 4 heteroatoms. The number of para-hydroxylation sites is 2. The molecular formula is C26H23BN3+. The van der Waals surface area contributed by atoms with Gasteiger partial charge >= 0.3 is 6.98 Å². The van der Waals surface area contributed by atoms with Crippen LogP contribution in [0.5, 0.6) is 0 Å². The summed E-state index contributed by atoms with van der Waals surface area (Å²) in [5, 5.41) is 0. The number of nitrogens with zero attached hydrogens (tertiary/aromatic N) is 3. The average Bonchev–Trinajstić information content (AvgIpc) is 3.11. The summed E-state index contributed by atoms with van der Waals surface area (Å²) >= 11 is 0. The zero-order valence-electron chi connectivity index (χ0n) is 17.3. The Bertz CT molecular complexity index is 1250. The van der Waals surface area contributed by atoms with Gasteiger partial charge in [-0.15, -0.1) is 0 Å². The first-order valence-corrected chi connectivity index (χ1v) is 10.5. The first-order valence-electron chi connectivity index (χ1n) is 10.5. The lowest BCUT2D eigenvalue weighted by atomic mass is 9.61. The van der Waals surface area contributed by atoms with E-state index in [1.54, 1.807) is 0 Å². The summed E-state index contributed by atoms with van der Waals surface area (Å²) in [6.07, 6.45) is 2.19. The van der Waals surface area contributed by atoms with Crippen LogP contribution in [0.2, 0.25) is 0 Å². The van der Waals surface area contributed by atoms with Crippen molar-refractivity contribution in [3.63, 3.8) is 0 Å². The van der Waals surface area contributed by atoms with E-state index in [0.717, 1.165) is 6.54 Å². The van der Waals surface area contributed by atoms with Crippen molar-refractivity contribution < 1.29 is 4.57 Å². The number of aryl methyl sites for hydroxylation is 2. The van der Waals surface area contributed by atoms with Crippen LogP contribution in [-0.2, 0) is 6.54 Å². The number of hydrogen-bond acceptors (Lipinski definition) is 2. The Morgan fingerprint density at radius 1 is 0.733 bits per heavy atom. The molecule has 3 heterocycles. The zero-order chi connectivity index (χ0) is 20.2. The van der Waals surface area contributed by atoms with E-state index in [9.17, 15) is 0 Å². The molecule has 2 aliphatic rings. The maximum Gasteiger partial charge on any atom is 0.542 e. The third-order valence-corrected chi connectivity index (χ3v) is 6.43. The third-order valence-electron chi connectivity index (χ3n) is 6.43. The number of anilines is 4. The Morgan fingerprint density at radius 3 is 2.27 bits per heavy atom. The largest absolute Gasteiger partial charge is 0.542 e. The van der Waals surface area contributed by atoms with Crippen LogP contribution in [0.15, 0.2) is 91.1 Å². The topological polar surface area (TPSA) is 10.4 Å². The Morgan fingerprint density at radius 2 is 1.47 bits per heavy atom. The smallest absolute Gasteiger partial charge is 0.336 e. The molecule has 30 heavy (non-hydrogen) atoms. The predicted molar refractivity (Wildman–Crippen MR) is 124 cm³/mol. The minimum absolute atomic E-state index is 0.0682. The van der Waals surface area contributed by atoms with Crippen LogP contribution in [0, 0.1) is 13.8 Å². The Balaban J connectivity index is 1.70. The maximum absolute atomic E-state index is 2.54. The third kappa shape index (κ3) is 2.37. The summed E-state index contributed by atoms with van der Waals surface area (Å²) in [7, 11) is 0. The molecule has 0 spiro atoms. The van der Waals surface area contributed by atoms with Crippen LogP contribution < -0.4 is 19.7 Å². The fourth-order valence-corrected chi connectivity index (χ4v) is 5.15. The summed E-state index contributed by atoms with van der Waals surface area (Å²) in [6, 6.07) is 30.7. The molecule has 0 saturated heterocycles. The SMILES string of the molecule is Cc1cccc(C)c1B1N(c2ccccc2)c2cccc3c2N1c1cccc[n+]1C3. The van der Waals surface area contributed by atoms with Gasteiger partial charge < -0.3 is 4.81 Å². The Kier molecular flexibility index (Phi) is 3.75. The van der Waals surface area contributed by atoms with Gasteiger partial charge in [0, 0.05) is 22.8 Å². The van der Waals surface area contributed by atoms with E-state index in [4.69, 9.17) is 0 Å². The molecule has 144 valence electrons. The van der Waals surface area contributed by atoms with Crippen LogP contribution in [0.25, 0.3) is 0 Å². The first-order chi connectivity index (χ1) is 14.7. The van der Waals surface area contributed by atoms with Crippen LogP contribution >= 0.6 is 0 Å². The summed E-state index contributed by atoms with van der Waals surface area (Å²) in [5.41, 5.74) is 9.22. The zero-order valence-corrected chi connectivity index (χ0v) is 17.3. The maximum atomic E-state index is 2.54. The summed E-state index contributed by atoms with van der Waals surface area (Å²) in [4.78, 5) is 5.05. The van der Waals surface area contributed by atoms with Gasteiger partial charge in [0.2, 0.25) is 0 Å². The molecule has 6 rings (SSSR count). The predicted octanol–water partition coefficient (Wildman–Crippen LogP) is 4.64. The average molecular weight is 388 g/mol. The number of pyridine rings is 1. The van der Waals surface area contributed by atoms with E-state index in [2.05, 4.69) is 119 Å². The number of fused-ring (bicyclic) bond motifs is 2. The molecule has 3 nitrogen and oxygen atoms in total. The van der Waals surface area contributed by atoms with Crippen LogP contribution in [0.4, 0.5) is 22.9 Å². The highest BCUT2D eigenvalue weighted by Gasteiger charge is 2.54. The van der Waals surface area contributed by atoms with Gasteiger partial charge in [0.25, 0.3) is 5.82 Å². The molecule has 0 N–H and O–H groups in total. The van der Waals surface area contributed by atoms with Crippen molar-refractivity contribution in [2.45, 2.75) is 20.4 Å². The van der Waals surface area contributed by atoms with Gasteiger partial charge in [-0.1, -0.05) is 54.6 Å². The normalized spacial score (nSPS) is 14.0. The standard InChI is InChI=1S/C26H23BN3/c1-19-10-8-11-20(2)25(19)27-29(22-13-4-3-5-14-22)23-15-9-12-21-18-28-17-7-6-16-24(28)30(27)26(21)23/h3-17H,18H2,1-2H3/q+1. The van der Waals surface area contributed by atoms with Gasteiger partial charge in [-0.25, -0.2) is 4.57 Å². The lowest BCUT2D eigenvalue weighted by Crippen LogP contribution is -2.58. The molecule has 0 unspecified atom stereocenters. The van der Waals surface area contributed by atoms with Crippen molar-refractivity contribution in [2.24, 2.45) is 0 Å². The van der Waals surface area contributed by atoms with Crippen molar-refractivity contribution in [1.82, 2.24) is 0 Å². The monoisotopic (exact) mass is 388 g/mol. The van der Waals surface area contributed by atoms with Crippen LogP contribution in [0.3, 0.4) is 0 Å². The molecular weight excluding hydrogens is 365 g/mol. The fourth-order valence-electron chi connectivity index (χ4n) is 5.15. The molecule has 2 aliphatic heterocycles. The molecule has 4 aromatic rings. The van der Waals surface area contributed by atoms with Gasteiger partial charge in [0.05, 0.1) is 11.9 Å². The molecule has 0 radical (unpaired) electrons. The van der Waals surface area contributed by atoms with Gasteiger partial charge in [-0.05, 0) is 49.2 Å². The minimum Gasteiger partial charge on any atom is -0.336 e. The van der Waals surface area contributed by atoms with Gasteiger partial charge in [-0.3, -0.25) is 4.81 Å². The first kappa shape index (κ1) is 17.3. The Hall–Kier alpha value is -3.53. The second-order valence-electron chi connectivity index (χ2n) is 8.23. The minimum atomic E-state index is 0.0682. The highest BCUT2D eigenvalue weighted by atomic mass is 15.4. The quantitative estimate of drug-likeness (QED) is 0.366. The molecule has 0 fully saturated rings. The van der Waals surface area contributed by atoms with E-state index < -0.39 is 0 Å². The lowest BCUT2D eigenvalue weighted by molar-refractivity contribution is -0.676. The van der Waals surface area contributed by atoms with Crippen molar-refractivity contribution in [1.29, 1.82) is 0 Å². The summed E-state index contributed by atoms with van der Waals surface area (Å²) in [6.45, 7) is 5.44.